The summed E-state index contributed by atoms with van der Waals surface area (Å²) in [6, 6.07) is 21.4. The first-order valence-electron chi connectivity index (χ1n) is 13.5. The number of phenols is 1. The maximum atomic E-state index is 13.8. The number of anilines is 1. The average Bonchev–Trinajstić information content (AvgIpc) is 3.35. The third kappa shape index (κ3) is 6.09. The zero-order valence-corrected chi connectivity index (χ0v) is 24.1. The molecule has 1 amide bonds. The van der Waals surface area contributed by atoms with Gasteiger partial charge in [-0.15, -0.1) is 11.3 Å². The first-order valence-corrected chi connectivity index (χ1v) is 14.4. The van der Waals surface area contributed by atoms with Crippen LogP contribution >= 0.6 is 11.3 Å². The van der Waals surface area contributed by atoms with E-state index in [4.69, 9.17) is 0 Å². The number of amides is 1. The Bertz CT molecular complexity index is 1490. The zero-order valence-electron chi connectivity index (χ0n) is 23.3. The number of nitrogens with zero attached hydrogens (tertiary/aromatic N) is 4. The van der Waals surface area contributed by atoms with E-state index in [9.17, 15) is 14.3 Å². The van der Waals surface area contributed by atoms with Crippen molar-refractivity contribution in [3.63, 3.8) is 0 Å². The number of thiazole rings is 1. The number of aryl methyl sites for hydroxylation is 1. The molecule has 1 N–H and O–H groups in total. The van der Waals surface area contributed by atoms with Crippen molar-refractivity contribution in [3.8, 4) is 5.75 Å². The van der Waals surface area contributed by atoms with E-state index >= 15 is 0 Å². The summed E-state index contributed by atoms with van der Waals surface area (Å²) in [5, 5.41) is 13.6. The fraction of sp³-hybridized carbons (Fsp3) is 0.312. The largest absolute Gasteiger partial charge is 0.508 e. The smallest absolute Gasteiger partial charge is 0.258 e. The Morgan fingerprint density at radius 1 is 1.05 bits per heavy atom. The SMILES string of the molecule is Cc1nc(CN2C[C@H](C)N([C@H](c3cccc(O)c3)c3cccc(C(=O)N(C)c4cccc(F)c4)c3)C[C@H]2C)cs1. The van der Waals surface area contributed by atoms with Crippen LogP contribution in [0.3, 0.4) is 0 Å². The minimum atomic E-state index is -0.387. The number of carbonyl (C=O) groups excluding carboxylic acids is 1. The van der Waals surface area contributed by atoms with Crippen molar-refractivity contribution in [1.29, 1.82) is 0 Å². The van der Waals surface area contributed by atoms with Gasteiger partial charge in [-0.3, -0.25) is 14.6 Å². The Hall–Kier alpha value is -3.59. The second-order valence-electron chi connectivity index (χ2n) is 10.6. The fourth-order valence-electron chi connectivity index (χ4n) is 5.60. The summed E-state index contributed by atoms with van der Waals surface area (Å²) in [5.74, 6) is -0.396. The van der Waals surface area contributed by atoms with Crippen molar-refractivity contribution in [1.82, 2.24) is 14.8 Å². The Labute approximate surface area is 239 Å². The van der Waals surface area contributed by atoms with Gasteiger partial charge in [0.2, 0.25) is 0 Å². The predicted octanol–water partition coefficient (Wildman–Crippen LogP) is 6.26. The second kappa shape index (κ2) is 11.9. The van der Waals surface area contributed by atoms with E-state index in [-0.39, 0.29) is 35.6 Å². The van der Waals surface area contributed by atoms with Gasteiger partial charge in [0.1, 0.15) is 11.6 Å². The van der Waals surface area contributed by atoms with Crippen LogP contribution in [0.5, 0.6) is 5.75 Å². The molecule has 1 fully saturated rings. The van der Waals surface area contributed by atoms with Gasteiger partial charge >= 0.3 is 0 Å². The third-order valence-electron chi connectivity index (χ3n) is 7.66. The van der Waals surface area contributed by atoms with E-state index in [1.54, 1.807) is 48.7 Å². The van der Waals surface area contributed by atoms with Crippen molar-refractivity contribution in [3.05, 3.63) is 111 Å². The Morgan fingerprint density at radius 2 is 1.77 bits per heavy atom. The lowest BCUT2D eigenvalue weighted by Crippen LogP contribution is -2.56. The van der Waals surface area contributed by atoms with Gasteiger partial charge in [0, 0.05) is 55.4 Å². The highest BCUT2D eigenvalue weighted by atomic mass is 32.1. The lowest BCUT2D eigenvalue weighted by molar-refractivity contribution is 0.0189. The molecule has 1 saturated heterocycles. The molecule has 0 spiro atoms. The van der Waals surface area contributed by atoms with Crippen LogP contribution in [-0.2, 0) is 6.54 Å². The summed E-state index contributed by atoms with van der Waals surface area (Å²) in [7, 11) is 1.66. The first kappa shape index (κ1) is 28.0. The molecule has 4 aromatic rings. The highest BCUT2D eigenvalue weighted by Crippen LogP contribution is 2.35. The topological polar surface area (TPSA) is 59.9 Å². The van der Waals surface area contributed by atoms with Gasteiger partial charge in [-0.05, 0) is 74.4 Å². The number of hydrogen-bond donors (Lipinski definition) is 1. The maximum Gasteiger partial charge on any atom is 0.258 e. The van der Waals surface area contributed by atoms with Crippen molar-refractivity contribution >= 4 is 22.9 Å². The number of halogens is 1. The van der Waals surface area contributed by atoms with Crippen LogP contribution < -0.4 is 4.90 Å². The van der Waals surface area contributed by atoms with Crippen molar-refractivity contribution in [2.24, 2.45) is 0 Å². The van der Waals surface area contributed by atoms with Gasteiger partial charge in [-0.25, -0.2) is 9.37 Å². The van der Waals surface area contributed by atoms with Crippen LogP contribution in [0.4, 0.5) is 10.1 Å². The Balaban J connectivity index is 1.45. The summed E-state index contributed by atoms with van der Waals surface area (Å²) >= 11 is 1.68. The minimum absolute atomic E-state index is 0.166. The molecular formula is C32H35FN4O2S. The standard InChI is InChI=1S/C32H35FN4O2S/c1-21-18-37(22(2)17-36(21)19-28-20-40-23(3)34-28)31(25-9-6-13-30(38)15-25)24-8-5-10-26(14-24)32(39)35(4)29-12-7-11-27(33)16-29/h5-16,20-22,31,38H,17-19H2,1-4H3/t21-,22+,31+/m1/s1. The molecule has 5 rings (SSSR count). The summed E-state index contributed by atoms with van der Waals surface area (Å²) in [6.07, 6.45) is 0. The molecule has 6 nitrogen and oxygen atoms in total. The van der Waals surface area contributed by atoms with Gasteiger partial charge in [0.25, 0.3) is 5.91 Å². The number of aromatic hydroxyl groups is 1. The van der Waals surface area contributed by atoms with Crippen molar-refractivity contribution in [2.45, 2.75) is 45.4 Å². The van der Waals surface area contributed by atoms with Gasteiger partial charge < -0.3 is 10.0 Å². The molecule has 1 aliphatic heterocycles. The zero-order chi connectivity index (χ0) is 28.4. The molecule has 40 heavy (non-hydrogen) atoms. The highest BCUT2D eigenvalue weighted by molar-refractivity contribution is 7.09. The number of aromatic nitrogens is 1. The van der Waals surface area contributed by atoms with E-state index in [1.807, 2.05) is 37.3 Å². The van der Waals surface area contributed by atoms with Crippen LogP contribution in [0.25, 0.3) is 0 Å². The number of piperazine rings is 1. The highest BCUT2D eigenvalue weighted by Gasteiger charge is 2.35. The predicted molar refractivity (Wildman–Crippen MR) is 158 cm³/mol. The number of carbonyl (C=O) groups is 1. The van der Waals surface area contributed by atoms with Gasteiger partial charge in [0.15, 0.2) is 0 Å². The number of rotatable bonds is 7. The molecule has 0 unspecified atom stereocenters. The molecule has 8 heteroatoms. The summed E-state index contributed by atoms with van der Waals surface area (Å²) in [4.78, 5) is 24.5. The molecule has 0 aliphatic carbocycles. The summed E-state index contributed by atoms with van der Waals surface area (Å²) in [5.41, 5.74) is 4.05. The molecular weight excluding hydrogens is 523 g/mol. The van der Waals surface area contributed by atoms with Gasteiger partial charge in [-0.2, -0.15) is 0 Å². The third-order valence-corrected chi connectivity index (χ3v) is 8.48. The van der Waals surface area contributed by atoms with Gasteiger partial charge in [-0.1, -0.05) is 30.3 Å². The van der Waals surface area contributed by atoms with Crippen LogP contribution in [0.1, 0.15) is 52.1 Å². The van der Waals surface area contributed by atoms with E-state index < -0.39 is 0 Å². The lowest BCUT2D eigenvalue weighted by atomic mass is 9.92. The van der Waals surface area contributed by atoms with Crippen LogP contribution in [0, 0.1) is 12.7 Å². The van der Waals surface area contributed by atoms with Crippen LogP contribution in [0.15, 0.2) is 78.2 Å². The maximum absolute atomic E-state index is 13.8. The Morgan fingerprint density at radius 3 is 2.48 bits per heavy atom. The molecule has 1 aromatic heterocycles. The van der Waals surface area contributed by atoms with Crippen LogP contribution in [0.2, 0.25) is 0 Å². The minimum Gasteiger partial charge on any atom is -0.508 e. The second-order valence-corrected chi connectivity index (χ2v) is 11.7. The Kier molecular flexibility index (Phi) is 8.30. The normalized spacial score (nSPS) is 18.9. The average molecular weight is 559 g/mol. The molecule has 0 radical (unpaired) electrons. The molecule has 2 heterocycles. The van der Waals surface area contributed by atoms with E-state index in [0.717, 1.165) is 41.5 Å². The van der Waals surface area contributed by atoms with E-state index in [1.165, 1.54) is 17.0 Å². The molecule has 1 aliphatic rings. The molecule has 0 saturated carbocycles. The first-order chi connectivity index (χ1) is 19.2. The van der Waals surface area contributed by atoms with Crippen molar-refractivity contribution in [2.75, 3.05) is 25.0 Å². The molecule has 3 aromatic carbocycles. The monoisotopic (exact) mass is 558 g/mol. The fourth-order valence-corrected chi connectivity index (χ4v) is 6.21. The summed E-state index contributed by atoms with van der Waals surface area (Å²) in [6.45, 7) is 9.00. The van der Waals surface area contributed by atoms with Crippen LogP contribution in [-0.4, -0.2) is 58.0 Å². The molecule has 3 atom stereocenters. The summed E-state index contributed by atoms with van der Waals surface area (Å²) < 4.78 is 13.8. The molecule has 208 valence electrons. The number of phenolic OH excluding ortho intramolecular Hbond substituents is 1. The lowest BCUT2D eigenvalue weighted by Gasteiger charge is -2.47. The molecule has 0 bridgehead atoms. The van der Waals surface area contributed by atoms with E-state index in [2.05, 4.69) is 34.0 Å². The number of hydrogen-bond acceptors (Lipinski definition) is 6. The quantitative estimate of drug-likeness (QED) is 0.290. The van der Waals surface area contributed by atoms with Crippen molar-refractivity contribution < 1.29 is 14.3 Å². The van der Waals surface area contributed by atoms with Gasteiger partial charge in [0.05, 0.1) is 16.7 Å². The van der Waals surface area contributed by atoms with E-state index in [0.29, 0.717) is 11.3 Å². The number of benzene rings is 3.